The normalized spacial score (nSPS) is 20.7. The average Bonchev–Trinajstić information content (AvgIpc) is 3.40. The maximum Gasteiger partial charge on any atom is 0.233 e. The Morgan fingerprint density at radius 1 is 1.20 bits per heavy atom. The lowest BCUT2D eigenvalue weighted by Gasteiger charge is -2.33. The summed E-state index contributed by atoms with van der Waals surface area (Å²) in [5.74, 6) is 1.53. The molecule has 0 spiro atoms. The van der Waals surface area contributed by atoms with Gasteiger partial charge in [-0.1, -0.05) is 11.8 Å². The molecular weight excluding hydrogens is 334 g/mol. The largest absolute Gasteiger partial charge is 0.339 e. The van der Waals surface area contributed by atoms with Crippen LogP contribution >= 0.6 is 11.8 Å². The zero-order valence-electron chi connectivity index (χ0n) is 14.5. The number of piperidine rings is 1. The van der Waals surface area contributed by atoms with Crippen molar-refractivity contribution < 1.29 is 4.79 Å². The molecule has 0 bridgehead atoms. The highest BCUT2D eigenvalue weighted by Crippen LogP contribution is 2.41. The number of hydrogen-bond donors (Lipinski definition) is 0. The zero-order chi connectivity index (χ0) is 17.2. The van der Waals surface area contributed by atoms with E-state index in [1.54, 1.807) is 12.4 Å². The summed E-state index contributed by atoms with van der Waals surface area (Å²) in [5.41, 5.74) is 1.03. The number of carbonyl (C=O) groups excluding carboxylic acids is 1. The molecule has 7 heteroatoms. The molecule has 2 fully saturated rings. The van der Waals surface area contributed by atoms with Crippen molar-refractivity contribution in [3.63, 3.8) is 0 Å². The fraction of sp³-hybridized carbons (Fsp3) is 0.556. The van der Waals surface area contributed by atoms with Gasteiger partial charge in [0.2, 0.25) is 5.91 Å². The molecule has 2 aromatic heterocycles. The van der Waals surface area contributed by atoms with Gasteiger partial charge in [0.25, 0.3) is 0 Å². The van der Waals surface area contributed by atoms with Gasteiger partial charge in [0, 0.05) is 36.6 Å². The van der Waals surface area contributed by atoms with Gasteiger partial charge in [-0.3, -0.25) is 14.3 Å². The van der Waals surface area contributed by atoms with Gasteiger partial charge in [-0.15, -0.1) is 10.2 Å². The van der Waals surface area contributed by atoms with Crippen LogP contribution in [0.15, 0.2) is 29.7 Å². The number of pyridine rings is 1. The van der Waals surface area contributed by atoms with Crippen LogP contribution < -0.4 is 0 Å². The van der Waals surface area contributed by atoms with Gasteiger partial charge in [0.05, 0.1) is 5.75 Å². The molecule has 1 saturated carbocycles. The highest BCUT2D eigenvalue weighted by atomic mass is 32.2. The smallest absolute Gasteiger partial charge is 0.233 e. The fourth-order valence-electron chi connectivity index (χ4n) is 3.41. The first kappa shape index (κ1) is 16.6. The van der Waals surface area contributed by atoms with E-state index in [4.69, 9.17) is 0 Å². The van der Waals surface area contributed by atoms with E-state index in [0.29, 0.717) is 17.8 Å². The van der Waals surface area contributed by atoms with Crippen molar-refractivity contribution in [3.05, 3.63) is 24.5 Å². The van der Waals surface area contributed by atoms with Gasteiger partial charge >= 0.3 is 0 Å². The van der Waals surface area contributed by atoms with E-state index in [9.17, 15) is 4.79 Å². The van der Waals surface area contributed by atoms with Crippen LogP contribution in [-0.2, 0) is 4.79 Å². The number of aromatic nitrogens is 4. The summed E-state index contributed by atoms with van der Waals surface area (Å²) in [5, 5.41) is 9.62. The average molecular weight is 357 g/mol. The molecule has 6 nitrogen and oxygen atoms in total. The molecule has 2 aromatic rings. The third kappa shape index (κ3) is 3.56. The maximum absolute atomic E-state index is 12.6. The SMILES string of the molecule is C[C@@H]1CCCCN1C(=O)CSc1nnc(-c2ccncc2)n1C1CC1. The second-order valence-electron chi connectivity index (χ2n) is 6.86. The molecule has 1 aliphatic heterocycles. The molecule has 1 aliphatic carbocycles. The van der Waals surface area contributed by atoms with Crippen molar-refractivity contribution in [3.8, 4) is 11.4 Å². The lowest BCUT2D eigenvalue weighted by Crippen LogP contribution is -2.43. The molecule has 0 radical (unpaired) electrons. The summed E-state index contributed by atoms with van der Waals surface area (Å²) < 4.78 is 2.20. The van der Waals surface area contributed by atoms with E-state index in [1.165, 1.54) is 18.2 Å². The molecule has 1 atom stereocenters. The second kappa shape index (κ2) is 7.15. The number of likely N-dealkylation sites (tertiary alicyclic amines) is 1. The molecule has 132 valence electrons. The number of carbonyl (C=O) groups is 1. The Balaban J connectivity index is 1.49. The minimum atomic E-state index is 0.216. The zero-order valence-corrected chi connectivity index (χ0v) is 15.3. The Labute approximate surface area is 152 Å². The summed E-state index contributed by atoms with van der Waals surface area (Å²) in [6, 6.07) is 4.73. The van der Waals surface area contributed by atoms with Gasteiger partial charge in [0.1, 0.15) is 0 Å². The summed E-state index contributed by atoms with van der Waals surface area (Å²) in [4.78, 5) is 18.7. The first-order valence-corrected chi connectivity index (χ1v) is 10.00. The van der Waals surface area contributed by atoms with E-state index in [2.05, 4.69) is 26.7 Å². The monoisotopic (exact) mass is 357 g/mol. The molecule has 1 saturated heterocycles. The van der Waals surface area contributed by atoms with E-state index >= 15 is 0 Å². The Morgan fingerprint density at radius 3 is 2.72 bits per heavy atom. The molecule has 3 heterocycles. The molecule has 0 N–H and O–H groups in total. The van der Waals surface area contributed by atoms with Crippen LogP contribution in [0.1, 0.15) is 45.1 Å². The number of nitrogens with zero attached hydrogens (tertiary/aromatic N) is 5. The topological polar surface area (TPSA) is 63.9 Å². The van der Waals surface area contributed by atoms with Crippen LogP contribution in [0, 0.1) is 0 Å². The van der Waals surface area contributed by atoms with Crippen molar-refractivity contribution in [2.45, 2.75) is 56.3 Å². The molecule has 4 rings (SSSR count). The van der Waals surface area contributed by atoms with Crippen LogP contribution in [0.4, 0.5) is 0 Å². The highest BCUT2D eigenvalue weighted by molar-refractivity contribution is 7.99. The molecule has 25 heavy (non-hydrogen) atoms. The summed E-state index contributed by atoms with van der Waals surface area (Å²) >= 11 is 1.52. The Hall–Kier alpha value is -1.89. The van der Waals surface area contributed by atoms with Gasteiger partial charge in [-0.05, 0) is 51.2 Å². The van der Waals surface area contributed by atoms with Gasteiger partial charge in [-0.2, -0.15) is 0 Å². The van der Waals surface area contributed by atoms with Crippen LogP contribution in [0.25, 0.3) is 11.4 Å². The van der Waals surface area contributed by atoms with E-state index in [1.807, 2.05) is 17.0 Å². The van der Waals surface area contributed by atoms with E-state index in [-0.39, 0.29) is 5.91 Å². The summed E-state index contributed by atoms with van der Waals surface area (Å²) in [6.45, 7) is 3.04. The van der Waals surface area contributed by atoms with Crippen LogP contribution in [0.3, 0.4) is 0 Å². The van der Waals surface area contributed by atoms with Crippen molar-refractivity contribution in [2.75, 3.05) is 12.3 Å². The summed E-state index contributed by atoms with van der Waals surface area (Å²) in [6.07, 6.45) is 9.31. The van der Waals surface area contributed by atoms with E-state index in [0.717, 1.165) is 48.8 Å². The molecule has 1 amide bonds. The van der Waals surface area contributed by atoms with Gasteiger partial charge < -0.3 is 4.90 Å². The molecule has 0 aromatic carbocycles. The number of hydrogen-bond acceptors (Lipinski definition) is 5. The van der Waals surface area contributed by atoms with Crippen molar-refractivity contribution in [2.24, 2.45) is 0 Å². The lowest BCUT2D eigenvalue weighted by atomic mass is 10.0. The Bertz CT molecular complexity index is 743. The molecule has 2 aliphatic rings. The lowest BCUT2D eigenvalue weighted by molar-refractivity contribution is -0.131. The predicted octanol–water partition coefficient (Wildman–Crippen LogP) is 3.17. The molecule has 0 unspecified atom stereocenters. The quantitative estimate of drug-likeness (QED) is 0.769. The molecular formula is C18H23N5OS. The standard InChI is InChI=1S/C18H23N5OS/c1-13-4-2-3-11-22(13)16(24)12-25-18-21-20-17(23(18)15-5-6-15)14-7-9-19-10-8-14/h7-10,13,15H,2-6,11-12H2,1H3/t13-/m1/s1. The minimum Gasteiger partial charge on any atom is -0.339 e. The van der Waals surface area contributed by atoms with Crippen molar-refractivity contribution in [1.82, 2.24) is 24.6 Å². The van der Waals surface area contributed by atoms with Crippen LogP contribution in [0.5, 0.6) is 0 Å². The maximum atomic E-state index is 12.6. The van der Waals surface area contributed by atoms with Crippen molar-refractivity contribution >= 4 is 17.7 Å². The minimum absolute atomic E-state index is 0.216. The van der Waals surface area contributed by atoms with Gasteiger partial charge in [-0.25, -0.2) is 0 Å². The fourth-order valence-corrected chi connectivity index (χ4v) is 4.30. The van der Waals surface area contributed by atoms with Crippen LogP contribution in [-0.4, -0.2) is 48.9 Å². The number of thioether (sulfide) groups is 1. The van der Waals surface area contributed by atoms with E-state index < -0.39 is 0 Å². The Morgan fingerprint density at radius 2 is 2.00 bits per heavy atom. The number of amides is 1. The van der Waals surface area contributed by atoms with Crippen LogP contribution in [0.2, 0.25) is 0 Å². The summed E-state index contributed by atoms with van der Waals surface area (Å²) in [7, 11) is 0. The number of rotatable bonds is 5. The second-order valence-corrected chi connectivity index (χ2v) is 7.81. The first-order valence-electron chi connectivity index (χ1n) is 9.01. The third-order valence-corrected chi connectivity index (χ3v) is 5.89. The third-order valence-electron chi connectivity index (χ3n) is 4.96. The predicted molar refractivity (Wildman–Crippen MR) is 97.3 cm³/mol. The first-order chi connectivity index (χ1) is 12.2. The van der Waals surface area contributed by atoms with Crippen molar-refractivity contribution in [1.29, 1.82) is 0 Å². The Kier molecular flexibility index (Phi) is 4.74. The highest BCUT2D eigenvalue weighted by Gasteiger charge is 2.31. The van der Waals surface area contributed by atoms with Gasteiger partial charge in [0.15, 0.2) is 11.0 Å².